The number of aryl methyl sites for hydroxylation is 1. The Hall–Kier alpha value is -2.13. The molecule has 176 valence electrons. The van der Waals surface area contributed by atoms with Crippen molar-refractivity contribution >= 4 is 21.9 Å². The summed E-state index contributed by atoms with van der Waals surface area (Å²) in [4.78, 5) is 2.58. The third kappa shape index (κ3) is 4.75. The predicted octanol–water partition coefficient (Wildman–Crippen LogP) is 3.85. The van der Waals surface area contributed by atoms with Gasteiger partial charge in [0.2, 0.25) is 0 Å². The molecule has 3 aromatic rings. The van der Waals surface area contributed by atoms with Crippen LogP contribution in [0.15, 0.2) is 42.6 Å². The summed E-state index contributed by atoms with van der Waals surface area (Å²) in [6, 6.07) is 11.0. The fourth-order valence-corrected chi connectivity index (χ4v) is 5.84. The van der Waals surface area contributed by atoms with Crippen molar-refractivity contribution in [1.82, 2.24) is 19.0 Å². The molecular weight excluding hydrogens is 439 g/mol. The van der Waals surface area contributed by atoms with E-state index in [-0.39, 0.29) is 11.9 Å². The summed E-state index contributed by atoms with van der Waals surface area (Å²) in [5.74, 6) is 0.388. The number of rotatable bonds is 5. The Kier molecular flexibility index (Phi) is 6.60. The third-order valence-electron chi connectivity index (χ3n) is 7.04. The molecule has 2 aromatic carbocycles. The van der Waals surface area contributed by atoms with Crippen molar-refractivity contribution in [2.75, 3.05) is 45.6 Å². The van der Waals surface area contributed by atoms with E-state index < -0.39 is 11.0 Å². The van der Waals surface area contributed by atoms with E-state index >= 15 is 0 Å². The molecule has 2 saturated heterocycles. The van der Waals surface area contributed by atoms with Crippen LogP contribution >= 0.6 is 0 Å². The van der Waals surface area contributed by atoms with Crippen LogP contribution in [0.1, 0.15) is 30.0 Å². The number of hydrogen-bond donors (Lipinski definition) is 0. The van der Waals surface area contributed by atoms with Crippen LogP contribution < -0.4 is 0 Å². The largest absolute Gasteiger partial charge is 0.381 e. The average molecular weight is 471 g/mol. The van der Waals surface area contributed by atoms with Gasteiger partial charge in [0.25, 0.3) is 0 Å². The molecule has 0 aliphatic carbocycles. The van der Waals surface area contributed by atoms with Gasteiger partial charge in [0, 0.05) is 57.1 Å². The molecule has 8 heteroatoms. The Morgan fingerprint density at radius 3 is 2.64 bits per heavy atom. The van der Waals surface area contributed by atoms with Gasteiger partial charge < -0.3 is 4.74 Å². The van der Waals surface area contributed by atoms with Crippen molar-refractivity contribution in [3.05, 3.63) is 59.5 Å². The lowest BCUT2D eigenvalue weighted by Crippen LogP contribution is -2.50. The predicted molar refractivity (Wildman–Crippen MR) is 129 cm³/mol. The van der Waals surface area contributed by atoms with E-state index in [1.165, 1.54) is 23.3 Å². The lowest BCUT2D eigenvalue weighted by Gasteiger charge is -2.43. The van der Waals surface area contributed by atoms with Crippen LogP contribution in [0.2, 0.25) is 0 Å². The van der Waals surface area contributed by atoms with Gasteiger partial charge in [-0.25, -0.2) is 17.6 Å². The molecule has 0 saturated carbocycles. The number of piperazine rings is 1. The molecule has 2 fully saturated rings. The highest BCUT2D eigenvalue weighted by Crippen LogP contribution is 2.33. The summed E-state index contributed by atoms with van der Waals surface area (Å²) < 4.78 is 35.2. The molecule has 2 atom stereocenters. The number of halogens is 1. The first-order valence-corrected chi connectivity index (χ1v) is 13.2. The Morgan fingerprint density at radius 1 is 1.15 bits per heavy atom. The molecule has 0 bridgehead atoms. The van der Waals surface area contributed by atoms with Crippen molar-refractivity contribution in [2.45, 2.75) is 25.8 Å². The van der Waals surface area contributed by atoms with Crippen molar-refractivity contribution in [3.8, 4) is 5.69 Å². The first-order chi connectivity index (χ1) is 16.0. The second-order valence-electron chi connectivity index (χ2n) is 9.18. The van der Waals surface area contributed by atoms with Gasteiger partial charge >= 0.3 is 0 Å². The highest BCUT2D eigenvalue weighted by molar-refractivity contribution is 7.81. The summed E-state index contributed by atoms with van der Waals surface area (Å²) in [6.07, 6.45) is 5.86. The maximum Gasteiger partial charge on any atom is 0.123 e. The summed E-state index contributed by atoms with van der Waals surface area (Å²) in [5, 5.41) is 5.64. The van der Waals surface area contributed by atoms with E-state index in [1.807, 2.05) is 10.9 Å². The number of ether oxygens (including phenoxy) is 1. The van der Waals surface area contributed by atoms with Crippen LogP contribution in [-0.2, 0) is 15.7 Å². The maximum absolute atomic E-state index is 13.4. The van der Waals surface area contributed by atoms with E-state index in [9.17, 15) is 8.60 Å². The van der Waals surface area contributed by atoms with Gasteiger partial charge in [0.15, 0.2) is 0 Å². The number of benzene rings is 2. The summed E-state index contributed by atoms with van der Waals surface area (Å²) >= 11 is 0. The summed E-state index contributed by atoms with van der Waals surface area (Å²) in [6.45, 7) is 7.38. The Bertz CT molecular complexity index is 1140. The topological polar surface area (TPSA) is 50.6 Å². The quantitative estimate of drug-likeness (QED) is 0.568. The van der Waals surface area contributed by atoms with E-state index in [1.54, 1.807) is 18.4 Å². The van der Waals surface area contributed by atoms with Gasteiger partial charge in [0.1, 0.15) is 5.82 Å². The zero-order valence-corrected chi connectivity index (χ0v) is 20.1. The van der Waals surface area contributed by atoms with Gasteiger partial charge in [-0.3, -0.25) is 4.90 Å². The molecule has 6 nitrogen and oxygen atoms in total. The standard InChI is InChI=1S/C25H31FN4O2S/c1-18-13-24-20(15-27-30(24)22-5-3-21(26)4-6-22)14-23(18)25-17-29(33(2)31)10-9-28(25)16-19-7-11-32-12-8-19/h3-6,13-15,19,25H,7-12,16-17H2,1-2H3. The maximum atomic E-state index is 13.4. The zero-order valence-electron chi connectivity index (χ0n) is 19.2. The van der Waals surface area contributed by atoms with Crippen LogP contribution in [0.3, 0.4) is 0 Å². The van der Waals surface area contributed by atoms with Crippen LogP contribution in [0.25, 0.3) is 16.6 Å². The van der Waals surface area contributed by atoms with E-state index in [0.717, 1.165) is 68.8 Å². The Balaban J connectivity index is 1.49. The monoisotopic (exact) mass is 470 g/mol. The normalized spacial score (nSPS) is 22.1. The fourth-order valence-electron chi connectivity index (χ4n) is 5.15. The molecule has 2 unspecified atom stereocenters. The molecule has 1 aromatic heterocycles. The summed E-state index contributed by atoms with van der Waals surface area (Å²) in [5.41, 5.74) is 4.30. The van der Waals surface area contributed by atoms with Crippen molar-refractivity contribution < 1.29 is 13.3 Å². The van der Waals surface area contributed by atoms with E-state index in [4.69, 9.17) is 4.74 Å². The highest BCUT2D eigenvalue weighted by atomic mass is 32.2. The summed E-state index contributed by atoms with van der Waals surface area (Å²) in [7, 11) is -0.985. The number of aromatic nitrogens is 2. The average Bonchev–Trinajstić information content (AvgIpc) is 3.22. The smallest absolute Gasteiger partial charge is 0.123 e. The molecule has 5 rings (SSSR count). The second-order valence-corrected chi connectivity index (χ2v) is 10.5. The Labute approximate surface area is 196 Å². The molecule has 2 aliphatic rings. The lowest BCUT2D eigenvalue weighted by atomic mass is 9.93. The van der Waals surface area contributed by atoms with Crippen molar-refractivity contribution in [1.29, 1.82) is 0 Å². The molecule has 0 spiro atoms. The van der Waals surface area contributed by atoms with Crippen molar-refractivity contribution in [3.63, 3.8) is 0 Å². The SMILES string of the molecule is Cc1cc2c(cnn2-c2ccc(F)cc2)cc1C1CN(S(C)=O)CCN1CC1CCOCC1. The van der Waals surface area contributed by atoms with Crippen LogP contribution in [-0.4, -0.2) is 68.8 Å². The minimum atomic E-state index is -0.985. The lowest BCUT2D eigenvalue weighted by molar-refractivity contribution is 0.0339. The molecule has 2 aliphatic heterocycles. The number of nitrogens with zero attached hydrogens (tertiary/aromatic N) is 4. The third-order valence-corrected chi connectivity index (χ3v) is 8.10. The molecular formula is C25H31FN4O2S. The molecule has 0 N–H and O–H groups in total. The zero-order chi connectivity index (χ0) is 22.9. The molecule has 3 heterocycles. The van der Waals surface area contributed by atoms with Gasteiger partial charge in [-0.1, -0.05) is 0 Å². The minimum absolute atomic E-state index is 0.184. The fraction of sp³-hybridized carbons (Fsp3) is 0.480. The van der Waals surface area contributed by atoms with Crippen molar-refractivity contribution in [2.24, 2.45) is 5.92 Å². The molecule has 0 amide bonds. The van der Waals surface area contributed by atoms with Crippen LogP contribution in [0.5, 0.6) is 0 Å². The first-order valence-electron chi connectivity index (χ1n) is 11.6. The van der Waals surface area contributed by atoms with Crippen LogP contribution in [0.4, 0.5) is 4.39 Å². The van der Waals surface area contributed by atoms with Gasteiger partial charge in [-0.05, 0) is 73.2 Å². The molecule has 0 radical (unpaired) electrons. The Morgan fingerprint density at radius 2 is 1.91 bits per heavy atom. The van der Waals surface area contributed by atoms with Gasteiger partial charge in [0.05, 0.1) is 28.4 Å². The van der Waals surface area contributed by atoms with E-state index in [2.05, 4.69) is 33.4 Å². The molecule has 33 heavy (non-hydrogen) atoms. The van der Waals surface area contributed by atoms with Gasteiger partial charge in [-0.2, -0.15) is 5.10 Å². The van der Waals surface area contributed by atoms with Crippen LogP contribution in [0, 0.1) is 18.7 Å². The minimum Gasteiger partial charge on any atom is -0.381 e. The number of fused-ring (bicyclic) bond motifs is 1. The highest BCUT2D eigenvalue weighted by Gasteiger charge is 2.32. The number of hydrogen-bond acceptors (Lipinski definition) is 4. The first kappa shape index (κ1) is 22.7. The van der Waals surface area contributed by atoms with Gasteiger partial charge in [-0.15, -0.1) is 0 Å². The van der Waals surface area contributed by atoms with E-state index in [0.29, 0.717) is 5.92 Å². The second kappa shape index (κ2) is 9.62.